The first-order chi connectivity index (χ1) is 8.08. The number of carbonyl (C=O) groups excluding carboxylic acids is 1. The van der Waals surface area contributed by atoms with E-state index in [9.17, 15) is 9.90 Å². The number of hydrogen-bond acceptors (Lipinski definition) is 2. The number of alkyl halides is 1. The van der Waals surface area contributed by atoms with Crippen LogP contribution in [0.5, 0.6) is 5.75 Å². The Hall–Kier alpha value is -1.22. The third-order valence-electron chi connectivity index (χ3n) is 3.17. The van der Waals surface area contributed by atoms with Crippen molar-refractivity contribution in [2.75, 3.05) is 13.1 Å². The highest BCUT2D eigenvalue weighted by Crippen LogP contribution is 2.21. The van der Waals surface area contributed by atoms with Gasteiger partial charge in [0.1, 0.15) is 5.75 Å². The van der Waals surface area contributed by atoms with Gasteiger partial charge in [0, 0.05) is 24.0 Å². The molecular weight excluding hydrogens is 238 g/mol. The normalized spacial score (nSPS) is 17.2. The van der Waals surface area contributed by atoms with E-state index in [1.165, 1.54) is 6.07 Å². The summed E-state index contributed by atoms with van der Waals surface area (Å²) in [5.41, 5.74) is 1.32. The molecule has 1 N–H and O–H groups in total. The van der Waals surface area contributed by atoms with Crippen molar-refractivity contribution < 1.29 is 9.90 Å². The van der Waals surface area contributed by atoms with Gasteiger partial charge in [0.15, 0.2) is 0 Å². The van der Waals surface area contributed by atoms with Crippen LogP contribution in [0.1, 0.15) is 28.8 Å². The van der Waals surface area contributed by atoms with Crippen LogP contribution in [0.4, 0.5) is 0 Å². The second kappa shape index (κ2) is 4.96. The molecule has 0 spiro atoms. The third kappa shape index (κ3) is 2.72. The van der Waals surface area contributed by atoms with E-state index < -0.39 is 0 Å². The number of benzene rings is 1. The van der Waals surface area contributed by atoms with Gasteiger partial charge >= 0.3 is 0 Å². The quantitative estimate of drug-likeness (QED) is 0.782. The maximum absolute atomic E-state index is 12.1. The van der Waals surface area contributed by atoms with Crippen molar-refractivity contribution in [3.05, 3.63) is 29.3 Å². The Balaban J connectivity index is 2.11. The smallest absolute Gasteiger partial charge is 0.253 e. The molecule has 0 saturated carbocycles. The number of rotatable bonds is 1. The zero-order chi connectivity index (χ0) is 12.4. The minimum absolute atomic E-state index is 0.0242. The van der Waals surface area contributed by atoms with E-state index >= 15 is 0 Å². The van der Waals surface area contributed by atoms with E-state index in [0.29, 0.717) is 18.7 Å². The van der Waals surface area contributed by atoms with E-state index in [1.807, 2.05) is 6.92 Å². The van der Waals surface area contributed by atoms with Gasteiger partial charge in [-0.05, 0) is 37.5 Å². The molecule has 92 valence electrons. The topological polar surface area (TPSA) is 40.5 Å². The van der Waals surface area contributed by atoms with Gasteiger partial charge in [0.25, 0.3) is 5.91 Å². The predicted molar refractivity (Wildman–Crippen MR) is 67.6 cm³/mol. The highest BCUT2D eigenvalue weighted by atomic mass is 35.5. The number of phenolic OH excluding ortho intramolecular Hbond substituents is 1. The SMILES string of the molecule is Cc1ccc(C(=O)N2CCC(Cl)CC2)cc1O. The van der Waals surface area contributed by atoms with Gasteiger partial charge in [-0.15, -0.1) is 11.6 Å². The van der Waals surface area contributed by atoms with Crippen molar-refractivity contribution in [1.29, 1.82) is 0 Å². The molecule has 2 rings (SSSR count). The molecule has 17 heavy (non-hydrogen) atoms. The molecule has 1 aromatic carbocycles. The van der Waals surface area contributed by atoms with Crippen LogP contribution in [-0.2, 0) is 0 Å². The molecule has 3 nitrogen and oxygen atoms in total. The van der Waals surface area contributed by atoms with Crippen molar-refractivity contribution in [2.45, 2.75) is 25.1 Å². The van der Waals surface area contributed by atoms with Gasteiger partial charge in [-0.3, -0.25) is 4.79 Å². The van der Waals surface area contributed by atoms with Crippen molar-refractivity contribution in [1.82, 2.24) is 4.90 Å². The number of phenols is 1. The number of amides is 1. The molecule has 4 heteroatoms. The van der Waals surface area contributed by atoms with E-state index in [4.69, 9.17) is 11.6 Å². The maximum atomic E-state index is 12.1. The minimum atomic E-state index is -0.0242. The van der Waals surface area contributed by atoms with Crippen LogP contribution in [0, 0.1) is 6.92 Å². The van der Waals surface area contributed by atoms with E-state index in [1.54, 1.807) is 17.0 Å². The second-order valence-corrected chi connectivity index (χ2v) is 5.09. The lowest BCUT2D eigenvalue weighted by atomic mass is 10.1. The Morgan fingerprint density at radius 1 is 1.41 bits per heavy atom. The fraction of sp³-hybridized carbons (Fsp3) is 0.462. The molecule has 1 heterocycles. The first-order valence-corrected chi connectivity index (χ1v) is 6.24. The van der Waals surface area contributed by atoms with Crippen molar-refractivity contribution in [3.8, 4) is 5.75 Å². The van der Waals surface area contributed by atoms with Crippen molar-refractivity contribution >= 4 is 17.5 Å². The highest BCUT2D eigenvalue weighted by Gasteiger charge is 2.22. The molecule has 0 unspecified atom stereocenters. The number of hydrogen-bond donors (Lipinski definition) is 1. The van der Waals surface area contributed by atoms with Crippen LogP contribution in [-0.4, -0.2) is 34.4 Å². The number of halogens is 1. The van der Waals surface area contributed by atoms with Crippen LogP contribution in [0.15, 0.2) is 18.2 Å². The Morgan fingerprint density at radius 2 is 2.06 bits per heavy atom. The van der Waals surface area contributed by atoms with Crippen LogP contribution in [0.25, 0.3) is 0 Å². The number of nitrogens with zero attached hydrogens (tertiary/aromatic N) is 1. The molecule has 0 radical (unpaired) electrons. The first-order valence-electron chi connectivity index (χ1n) is 5.81. The number of carbonyl (C=O) groups is 1. The lowest BCUT2D eigenvalue weighted by Crippen LogP contribution is -2.38. The van der Waals surface area contributed by atoms with Crippen molar-refractivity contribution in [3.63, 3.8) is 0 Å². The van der Waals surface area contributed by atoms with Gasteiger partial charge in [0.05, 0.1) is 0 Å². The average Bonchev–Trinajstić information content (AvgIpc) is 2.33. The van der Waals surface area contributed by atoms with Gasteiger partial charge in [-0.25, -0.2) is 0 Å². The summed E-state index contributed by atoms with van der Waals surface area (Å²) < 4.78 is 0. The molecule has 1 fully saturated rings. The lowest BCUT2D eigenvalue weighted by Gasteiger charge is -2.29. The molecule has 0 bridgehead atoms. The van der Waals surface area contributed by atoms with Gasteiger partial charge < -0.3 is 10.0 Å². The number of likely N-dealkylation sites (tertiary alicyclic amines) is 1. The van der Waals surface area contributed by atoms with Crippen LogP contribution < -0.4 is 0 Å². The van der Waals surface area contributed by atoms with Gasteiger partial charge in [0.2, 0.25) is 0 Å². The Bertz CT molecular complexity index is 425. The Morgan fingerprint density at radius 3 is 2.65 bits per heavy atom. The highest BCUT2D eigenvalue weighted by molar-refractivity contribution is 6.20. The third-order valence-corrected chi connectivity index (χ3v) is 3.60. The first kappa shape index (κ1) is 12.2. The summed E-state index contributed by atoms with van der Waals surface area (Å²) >= 11 is 6.00. The van der Waals surface area contributed by atoms with E-state index in [0.717, 1.165) is 18.4 Å². The molecule has 1 saturated heterocycles. The van der Waals surface area contributed by atoms with Gasteiger partial charge in [-0.1, -0.05) is 6.07 Å². The Labute approximate surface area is 106 Å². The van der Waals surface area contributed by atoms with Crippen LogP contribution in [0.2, 0.25) is 0 Å². The predicted octanol–water partition coefficient (Wildman–Crippen LogP) is 2.54. The molecule has 1 aromatic rings. The Kier molecular flexibility index (Phi) is 3.57. The lowest BCUT2D eigenvalue weighted by molar-refractivity contribution is 0.0726. The summed E-state index contributed by atoms with van der Waals surface area (Å²) in [6.07, 6.45) is 1.68. The number of aromatic hydroxyl groups is 1. The maximum Gasteiger partial charge on any atom is 0.253 e. The molecule has 0 aromatic heterocycles. The molecule has 0 aliphatic carbocycles. The van der Waals surface area contributed by atoms with Crippen LogP contribution in [0.3, 0.4) is 0 Å². The fourth-order valence-electron chi connectivity index (χ4n) is 1.98. The van der Waals surface area contributed by atoms with Crippen LogP contribution >= 0.6 is 11.6 Å². The minimum Gasteiger partial charge on any atom is -0.508 e. The molecule has 0 atom stereocenters. The molecule has 1 aliphatic rings. The van der Waals surface area contributed by atoms with Crippen molar-refractivity contribution in [2.24, 2.45) is 0 Å². The summed E-state index contributed by atoms with van der Waals surface area (Å²) in [7, 11) is 0. The molecule has 1 aliphatic heterocycles. The van der Waals surface area contributed by atoms with Gasteiger partial charge in [-0.2, -0.15) is 0 Å². The average molecular weight is 254 g/mol. The fourth-order valence-corrected chi connectivity index (χ4v) is 2.17. The standard InChI is InChI=1S/C13H16ClNO2/c1-9-2-3-10(8-12(9)16)13(17)15-6-4-11(14)5-7-15/h2-3,8,11,16H,4-7H2,1H3. The zero-order valence-electron chi connectivity index (χ0n) is 9.82. The summed E-state index contributed by atoms with van der Waals surface area (Å²) in [5.74, 6) is 0.145. The summed E-state index contributed by atoms with van der Waals surface area (Å²) in [6, 6.07) is 5.05. The van der Waals surface area contributed by atoms with E-state index in [2.05, 4.69) is 0 Å². The largest absolute Gasteiger partial charge is 0.508 e. The number of aryl methyl sites for hydroxylation is 1. The summed E-state index contributed by atoms with van der Waals surface area (Å²) in [6.45, 7) is 3.20. The molecule has 1 amide bonds. The number of piperidine rings is 1. The zero-order valence-corrected chi connectivity index (χ0v) is 10.6. The molecular formula is C13H16ClNO2. The monoisotopic (exact) mass is 253 g/mol. The summed E-state index contributed by atoms with van der Waals surface area (Å²) in [4.78, 5) is 13.9. The van der Waals surface area contributed by atoms with E-state index in [-0.39, 0.29) is 17.0 Å². The summed E-state index contributed by atoms with van der Waals surface area (Å²) in [5, 5.41) is 9.78. The second-order valence-electron chi connectivity index (χ2n) is 4.47.